The molecule has 0 heterocycles. The van der Waals surface area contributed by atoms with Crippen LogP contribution in [-0.2, 0) is 0 Å². The third-order valence-corrected chi connectivity index (χ3v) is 0.985. The van der Waals surface area contributed by atoms with Gasteiger partial charge in [-0.05, 0) is 12.1 Å². The van der Waals surface area contributed by atoms with Crippen molar-refractivity contribution in [1.29, 1.82) is 0 Å². The van der Waals surface area contributed by atoms with Crippen LogP contribution in [0.3, 0.4) is 0 Å². The van der Waals surface area contributed by atoms with Crippen LogP contribution in [0, 0.1) is 0 Å². The molecule has 3 N–H and O–H groups in total. The summed E-state index contributed by atoms with van der Waals surface area (Å²) in [5.74, 6) is 0.442. The largest absolute Gasteiger partial charge is 0.707 e. The number of hydrogen-bond acceptors (Lipinski definition) is 4. The first-order valence-corrected chi connectivity index (χ1v) is 3.31. The average molecular weight is 170 g/mol. The van der Waals surface area contributed by atoms with Crippen molar-refractivity contribution in [2.24, 2.45) is 0 Å². The number of benzene rings is 1. The molecule has 0 aliphatic rings. The average Bonchev–Trinajstić information content (AvgIpc) is 2.08. The monoisotopic (exact) mass is 170 g/mol. The van der Waals surface area contributed by atoms with Gasteiger partial charge in [0.25, 0.3) is 0 Å². The molecule has 0 fully saturated rings. The zero-order chi connectivity index (χ0) is 9.40. The van der Waals surface area contributed by atoms with Gasteiger partial charge in [-0.2, -0.15) is 0 Å². The van der Waals surface area contributed by atoms with Crippen molar-refractivity contribution in [2.45, 2.75) is 0 Å². The fourth-order valence-corrected chi connectivity index (χ4v) is 0.621. The van der Waals surface area contributed by atoms with Crippen molar-refractivity contribution in [3.05, 3.63) is 30.3 Å². The lowest BCUT2D eigenvalue weighted by atomic mass is 10.2. The summed E-state index contributed by atoms with van der Waals surface area (Å²) in [6.07, 6.45) is 0. The van der Waals surface area contributed by atoms with E-state index in [1.54, 1.807) is 24.3 Å². The summed E-state index contributed by atoms with van der Waals surface area (Å²) < 4.78 is 4.53. The third kappa shape index (κ3) is 4.73. The van der Waals surface area contributed by atoms with Crippen LogP contribution in [0.1, 0.15) is 0 Å². The van der Waals surface area contributed by atoms with E-state index in [4.69, 9.17) is 15.2 Å². The molecule has 0 spiro atoms. The Labute approximate surface area is 71.2 Å². The van der Waals surface area contributed by atoms with E-state index in [9.17, 15) is 0 Å². The SMILES string of the molecule is CO.OB(O)Oc1ccccc1. The zero-order valence-corrected chi connectivity index (χ0v) is 6.71. The first kappa shape index (κ1) is 11.0. The maximum atomic E-state index is 8.34. The Kier molecular flexibility index (Phi) is 6.09. The van der Waals surface area contributed by atoms with E-state index in [0.29, 0.717) is 5.75 Å². The predicted molar refractivity (Wildman–Crippen MR) is 45.4 cm³/mol. The van der Waals surface area contributed by atoms with E-state index in [2.05, 4.69) is 4.65 Å². The molecule has 1 rings (SSSR count). The maximum Gasteiger partial charge on any atom is 0.707 e. The van der Waals surface area contributed by atoms with Crippen molar-refractivity contribution in [3.8, 4) is 5.75 Å². The lowest BCUT2D eigenvalue weighted by Crippen LogP contribution is -2.20. The first-order chi connectivity index (χ1) is 5.79. The first-order valence-electron chi connectivity index (χ1n) is 3.31. The van der Waals surface area contributed by atoms with Gasteiger partial charge in [-0.15, -0.1) is 0 Å². The number of para-hydroxylation sites is 1. The van der Waals surface area contributed by atoms with Crippen LogP contribution in [0.4, 0.5) is 0 Å². The maximum absolute atomic E-state index is 8.34. The summed E-state index contributed by atoms with van der Waals surface area (Å²) in [7, 11) is -0.734. The van der Waals surface area contributed by atoms with Crippen molar-refractivity contribution in [2.75, 3.05) is 7.11 Å². The van der Waals surface area contributed by atoms with Gasteiger partial charge < -0.3 is 19.8 Å². The van der Waals surface area contributed by atoms with E-state index in [1.165, 1.54) is 0 Å². The molecule has 0 saturated carbocycles. The van der Waals surface area contributed by atoms with Gasteiger partial charge in [0, 0.05) is 7.11 Å². The van der Waals surface area contributed by atoms with Gasteiger partial charge in [-0.1, -0.05) is 18.2 Å². The van der Waals surface area contributed by atoms with Gasteiger partial charge in [0.2, 0.25) is 0 Å². The van der Waals surface area contributed by atoms with Crippen LogP contribution in [0.15, 0.2) is 30.3 Å². The van der Waals surface area contributed by atoms with Crippen LogP contribution in [0.25, 0.3) is 0 Å². The predicted octanol–water partition coefficient (Wildman–Crippen LogP) is -0.357. The smallest absolute Gasteiger partial charge is 0.512 e. The van der Waals surface area contributed by atoms with Gasteiger partial charge in [0.05, 0.1) is 0 Å². The highest BCUT2D eigenvalue weighted by Gasteiger charge is 2.09. The molecule has 0 bridgehead atoms. The van der Waals surface area contributed by atoms with Crippen molar-refractivity contribution < 1.29 is 19.8 Å². The highest BCUT2D eigenvalue weighted by molar-refractivity contribution is 6.33. The van der Waals surface area contributed by atoms with Crippen molar-refractivity contribution >= 4 is 7.32 Å². The van der Waals surface area contributed by atoms with Gasteiger partial charge in [-0.3, -0.25) is 0 Å². The Morgan fingerprint density at radius 1 is 1.08 bits per heavy atom. The molecule has 1 aromatic carbocycles. The van der Waals surface area contributed by atoms with Crippen molar-refractivity contribution in [1.82, 2.24) is 0 Å². The Hall–Kier alpha value is -1.04. The minimum atomic E-state index is -1.73. The van der Waals surface area contributed by atoms with E-state index >= 15 is 0 Å². The lowest BCUT2D eigenvalue weighted by molar-refractivity contribution is 0.288. The normalized spacial score (nSPS) is 8.00. The molecule has 0 aromatic heterocycles. The van der Waals surface area contributed by atoms with Crippen LogP contribution in [-0.4, -0.2) is 29.6 Å². The minimum absolute atomic E-state index is 0.442. The summed E-state index contributed by atoms with van der Waals surface area (Å²) >= 11 is 0. The summed E-state index contributed by atoms with van der Waals surface area (Å²) in [4.78, 5) is 0. The van der Waals surface area contributed by atoms with E-state index in [0.717, 1.165) is 7.11 Å². The molecular formula is C7H11BO4. The van der Waals surface area contributed by atoms with Gasteiger partial charge in [-0.25, -0.2) is 0 Å². The summed E-state index contributed by atoms with van der Waals surface area (Å²) in [6.45, 7) is 0. The molecule has 0 atom stereocenters. The van der Waals surface area contributed by atoms with Crippen molar-refractivity contribution in [3.63, 3.8) is 0 Å². The summed E-state index contributed by atoms with van der Waals surface area (Å²) in [5.41, 5.74) is 0. The van der Waals surface area contributed by atoms with Crippen LogP contribution in [0.2, 0.25) is 0 Å². The number of hydrogen-bond donors (Lipinski definition) is 3. The Morgan fingerprint density at radius 3 is 2.00 bits per heavy atom. The topological polar surface area (TPSA) is 69.9 Å². The van der Waals surface area contributed by atoms with Crippen LogP contribution in [0.5, 0.6) is 5.75 Å². The molecule has 66 valence electrons. The molecule has 0 radical (unpaired) electrons. The lowest BCUT2D eigenvalue weighted by Gasteiger charge is -2.01. The quantitative estimate of drug-likeness (QED) is 0.530. The molecule has 4 nitrogen and oxygen atoms in total. The second-order valence-electron chi connectivity index (χ2n) is 1.76. The number of aliphatic hydroxyl groups excluding tert-OH is 1. The molecule has 0 saturated heterocycles. The van der Waals surface area contributed by atoms with E-state index < -0.39 is 7.32 Å². The molecular weight excluding hydrogens is 159 g/mol. The Bertz CT molecular complexity index is 190. The highest BCUT2D eigenvalue weighted by atomic mass is 16.6. The molecule has 0 unspecified atom stereocenters. The van der Waals surface area contributed by atoms with Gasteiger partial charge >= 0.3 is 7.32 Å². The van der Waals surface area contributed by atoms with Gasteiger partial charge in [0.15, 0.2) is 0 Å². The highest BCUT2D eigenvalue weighted by Crippen LogP contribution is 2.07. The Morgan fingerprint density at radius 2 is 1.58 bits per heavy atom. The van der Waals surface area contributed by atoms with E-state index in [-0.39, 0.29) is 0 Å². The van der Waals surface area contributed by atoms with Crippen LogP contribution < -0.4 is 4.65 Å². The fraction of sp³-hybridized carbons (Fsp3) is 0.143. The molecule has 1 aromatic rings. The summed E-state index contributed by atoms with van der Waals surface area (Å²) in [6, 6.07) is 8.59. The van der Waals surface area contributed by atoms with Gasteiger partial charge in [0.1, 0.15) is 5.75 Å². The second-order valence-corrected chi connectivity index (χ2v) is 1.76. The second kappa shape index (κ2) is 6.66. The molecule has 12 heavy (non-hydrogen) atoms. The summed E-state index contributed by atoms with van der Waals surface area (Å²) in [5, 5.41) is 23.7. The minimum Gasteiger partial charge on any atom is -0.512 e. The molecule has 0 aliphatic heterocycles. The fourth-order valence-electron chi connectivity index (χ4n) is 0.621. The number of aliphatic hydroxyl groups is 1. The Balaban J connectivity index is 0.000000561. The zero-order valence-electron chi connectivity index (χ0n) is 6.71. The standard InChI is InChI=1S/C6H7BO3.CH4O/c8-7(9)10-6-4-2-1-3-5-6;1-2/h1-5,8-9H;2H,1H3. The van der Waals surface area contributed by atoms with Crippen LogP contribution >= 0.6 is 0 Å². The molecule has 0 aliphatic carbocycles. The van der Waals surface area contributed by atoms with E-state index in [1.807, 2.05) is 6.07 Å². The molecule has 0 amide bonds. The third-order valence-electron chi connectivity index (χ3n) is 0.985. The molecule has 5 heteroatoms. The number of rotatable bonds is 2.